The number of halogens is 1. The average molecular weight is 273 g/mol. The summed E-state index contributed by atoms with van der Waals surface area (Å²) in [7, 11) is -1.02. The van der Waals surface area contributed by atoms with Crippen molar-refractivity contribution >= 4 is 26.7 Å². The van der Waals surface area contributed by atoms with E-state index in [4.69, 9.17) is 0 Å². The molecule has 0 heterocycles. The third-order valence-electron chi connectivity index (χ3n) is 1.93. The van der Waals surface area contributed by atoms with Crippen LogP contribution in [0.15, 0.2) is 40.1 Å². The maximum absolute atomic E-state index is 11.9. The van der Waals surface area contributed by atoms with E-state index in [1.807, 2.05) is 44.2 Å². The second-order valence-electron chi connectivity index (χ2n) is 2.97. The van der Waals surface area contributed by atoms with E-state index in [2.05, 4.69) is 15.9 Å². The predicted octanol–water partition coefficient (Wildman–Crippen LogP) is 3.40. The van der Waals surface area contributed by atoms with Crippen molar-refractivity contribution in [1.82, 2.24) is 0 Å². The SMILES string of the molecule is C/C=C(/CBr)S(=O)c1ccc(C)cc1. The first kappa shape index (κ1) is 11.7. The highest BCUT2D eigenvalue weighted by atomic mass is 79.9. The van der Waals surface area contributed by atoms with Crippen LogP contribution in [0.4, 0.5) is 0 Å². The molecule has 0 spiro atoms. The Balaban J connectivity index is 2.95. The minimum absolute atomic E-state index is 0.657. The van der Waals surface area contributed by atoms with Gasteiger partial charge in [-0.15, -0.1) is 0 Å². The second-order valence-corrected chi connectivity index (χ2v) is 5.06. The first-order valence-electron chi connectivity index (χ1n) is 4.38. The molecule has 1 atom stereocenters. The molecule has 0 aliphatic carbocycles. The minimum atomic E-state index is -1.02. The van der Waals surface area contributed by atoms with Gasteiger partial charge in [0.15, 0.2) is 0 Å². The molecule has 3 heteroatoms. The first-order chi connectivity index (χ1) is 6.69. The molecular formula is C11H13BrOS. The predicted molar refractivity (Wildman–Crippen MR) is 65.1 cm³/mol. The van der Waals surface area contributed by atoms with Crippen molar-refractivity contribution in [2.75, 3.05) is 5.33 Å². The number of allylic oxidation sites excluding steroid dienone is 2. The van der Waals surface area contributed by atoms with Gasteiger partial charge in [0.1, 0.15) is 0 Å². The third kappa shape index (κ3) is 2.79. The van der Waals surface area contributed by atoms with E-state index in [0.717, 1.165) is 9.80 Å². The van der Waals surface area contributed by atoms with Crippen molar-refractivity contribution in [2.45, 2.75) is 18.7 Å². The minimum Gasteiger partial charge on any atom is -0.249 e. The van der Waals surface area contributed by atoms with Crippen LogP contribution in [0.1, 0.15) is 12.5 Å². The highest BCUT2D eigenvalue weighted by Gasteiger charge is 2.07. The fourth-order valence-electron chi connectivity index (χ4n) is 1.05. The first-order valence-corrected chi connectivity index (χ1v) is 6.65. The summed E-state index contributed by atoms with van der Waals surface area (Å²) in [4.78, 5) is 1.78. The quantitative estimate of drug-likeness (QED) is 0.771. The molecule has 1 nitrogen and oxygen atoms in total. The molecule has 0 bridgehead atoms. The topological polar surface area (TPSA) is 17.1 Å². The van der Waals surface area contributed by atoms with E-state index in [9.17, 15) is 4.21 Å². The fraction of sp³-hybridized carbons (Fsp3) is 0.273. The van der Waals surface area contributed by atoms with E-state index in [1.54, 1.807) is 0 Å². The molecular weight excluding hydrogens is 260 g/mol. The molecule has 76 valence electrons. The van der Waals surface area contributed by atoms with Crippen LogP contribution < -0.4 is 0 Å². The van der Waals surface area contributed by atoms with Crippen LogP contribution >= 0.6 is 15.9 Å². The number of benzene rings is 1. The molecule has 1 rings (SSSR count). The van der Waals surface area contributed by atoms with Gasteiger partial charge in [-0.05, 0) is 26.0 Å². The number of hydrogen-bond acceptors (Lipinski definition) is 1. The van der Waals surface area contributed by atoms with Gasteiger partial charge >= 0.3 is 0 Å². The Bertz CT molecular complexity index is 354. The molecule has 0 N–H and O–H groups in total. The van der Waals surface area contributed by atoms with Crippen molar-refractivity contribution in [3.8, 4) is 0 Å². The molecule has 1 aromatic carbocycles. The van der Waals surface area contributed by atoms with Gasteiger partial charge < -0.3 is 0 Å². The number of aryl methyl sites for hydroxylation is 1. The molecule has 0 aliphatic rings. The molecule has 0 fully saturated rings. The summed E-state index contributed by atoms with van der Waals surface area (Å²) in [6.07, 6.45) is 1.89. The van der Waals surface area contributed by atoms with Gasteiger partial charge in [0.25, 0.3) is 0 Å². The monoisotopic (exact) mass is 272 g/mol. The molecule has 0 aliphatic heterocycles. The van der Waals surface area contributed by atoms with Crippen LogP contribution in [-0.2, 0) is 10.8 Å². The Morgan fingerprint density at radius 3 is 2.43 bits per heavy atom. The van der Waals surface area contributed by atoms with Crippen LogP contribution in [0.2, 0.25) is 0 Å². The normalized spacial score (nSPS) is 14.1. The van der Waals surface area contributed by atoms with E-state index < -0.39 is 10.8 Å². The van der Waals surface area contributed by atoms with E-state index >= 15 is 0 Å². The van der Waals surface area contributed by atoms with E-state index in [0.29, 0.717) is 5.33 Å². The lowest BCUT2D eigenvalue weighted by Gasteiger charge is -2.03. The van der Waals surface area contributed by atoms with Gasteiger partial charge in [-0.1, -0.05) is 39.7 Å². The van der Waals surface area contributed by atoms with Crippen molar-refractivity contribution < 1.29 is 4.21 Å². The summed E-state index contributed by atoms with van der Waals surface area (Å²) < 4.78 is 11.9. The highest BCUT2D eigenvalue weighted by molar-refractivity contribution is 9.09. The number of rotatable bonds is 3. The molecule has 0 aromatic heterocycles. The summed E-state index contributed by atoms with van der Waals surface area (Å²) in [6, 6.07) is 7.79. The lowest BCUT2D eigenvalue weighted by Crippen LogP contribution is -1.96. The van der Waals surface area contributed by atoms with Crippen molar-refractivity contribution in [3.63, 3.8) is 0 Å². The van der Waals surface area contributed by atoms with Gasteiger partial charge in [0.2, 0.25) is 0 Å². The Hall–Kier alpha value is -0.410. The third-order valence-corrected chi connectivity index (χ3v) is 4.46. The Labute approximate surface area is 95.8 Å². The molecule has 0 saturated carbocycles. The lowest BCUT2D eigenvalue weighted by molar-refractivity contribution is 0.687. The molecule has 1 aromatic rings. The summed E-state index contributed by atoms with van der Waals surface area (Å²) in [6.45, 7) is 3.93. The number of alkyl halides is 1. The van der Waals surface area contributed by atoms with Gasteiger partial charge in [-0.25, -0.2) is 4.21 Å². The smallest absolute Gasteiger partial charge is 0.0813 e. The van der Waals surface area contributed by atoms with E-state index in [1.165, 1.54) is 5.56 Å². The molecule has 14 heavy (non-hydrogen) atoms. The van der Waals surface area contributed by atoms with Gasteiger partial charge in [0, 0.05) is 15.1 Å². The average Bonchev–Trinajstić information content (AvgIpc) is 2.20. The van der Waals surface area contributed by atoms with Crippen LogP contribution in [-0.4, -0.2) is 9.54 Å². The van der Waals surface area contributed by atoms with Crippen LogP contribution in [0.3, 0.4) is 0 Å². The summed E-state index contributed by atoms with van der Waals surface area (Å²) in [5.74, 6) is 0. The zero-order chi connectivity index (χ0) is 10.6. The van der Waals surface area contributed by atoms with Crippen molar-refractivity contribution in [1.29, 1.82) is 0 Å². The van der Waals surface area contributed by atoms with E-state index in [-0.39, 0.29) is 0 Å². The number of hydrogen-bond donors (Lipinski definition) is 0. The maximum Gasteiger partial charge on any atom is 0.0813 e. The largest absolute Gasteiger partial charge is 0.249 e. The zero-order valence-corrected chi connectivity index (χ0v) is 10.7. The fourth-order valence-corrected chi connectivity index (χ4v) is 2.99. The summed E-state index contributed by atoms with van der Waals surface area (Å²) in [5, 5.41) is 0.657. The summed E-state index contributed by atoms with van der Waals surface area (Å²) >= 11 is 3.33. The van der Waals surface area contributed by atoms with Gasteiger partial charge in [0.05, 0.1) is 10.8 Å². The molecule has 0 saturated heterocycles. The highest BCUT2D eigenvalue weighted by Crippen LogP contribution is 2.16. The van der Waals surface area contributed by atoms with Crippen LogP contribution in [0.25, 0.3) is 0 Å². The zero-order valence-electron chi connectivity index (χ0n) is 8.29. The van der Waals surface area contributed by atoms with Crippen molar-refractivity contribution in [3.05, 3.63) is 40.8 Å². The second kappa shape index (κ2) is 5.47. The molecule has 0 radical (unpaired) electrons. The lowest BCUT2D eigenvalue weighted by atomic mass is 10.2. The van der Waals surface area contributed by atoms with Crippen LogP contribution in [0, 0.1) is 6.92 Å². The standard InChI is InChI=1S/C11H13BrOS/c1-3-10(8-12)14(13)11-6-4-9(2)5-7-11/h3-7H,8H2,1-2H3/b10-3-. The summed E-state index contributed by atoms with van der Waals surface area (Å²) in [5.41, 5.74) is 1.19. The molecule has 0 amide bonds. The van der Waals surface area contributed by atoms with Crippen LogP contribution in [0.5, 0.6) is 0 Å². The van der Waals surface area contributed by atoms with Crippen molar-refractivity contribution in [2.24, 2.45) is 0 Å². The van der Waals surface area contributed by atoms with Gasteiger partial charge in [-0.2, -0.15) is 0 Å². The molecule has 1 unspecified atom stereocenters. The Kier molecular flexibility index (Phi) is 4.55. The Morgan fingerprint density at radius 2 is 2.00 bits per heavy atom. The maximum atomic E-state index is 11.9. The van der Waals surface area contributed by atoms with Gasteiger partial charge in [-0.3, -0.25) is 0 Å². The Morgan fingerprint density at radius 1 is 1.43 bits per heavy atom.